The third kappa shape index (κ3) is 1.73. The lowest BCUT2D eigenvalue weighted by Gasteiger charge is -2.30. The lowest BCUT2D eigenvalue weighted by Crippen LogP contribution is -2.22. The van der Waals surface area contributed by atoms with Gasteiger partial charge in [0.05, 0.1) is 0 Å². The van der Waals surface area contributed by atoms with Gasteiger partial charge in [-0.15, -0.1) is 0 Å². The minimum absolute atomic E-state index is 0.285. The van der Waals surface area contributed by atoms with Crippen LogP contribution in [0.4, 0.5) is 0 Å². The van der Waals surface area contributed by atoms with E-state index in [2.05, 4.69) is 44.7 Å². The molecule has 0 nitrogen and oxygen atoms in total. The molecule has 1 aliphatic carbocycles. The Bertz CT molecular complexity index is 350. The number of hydrogen-bond acceptors (Lipinski definition) is 0. The first-order valence-corrected chi connectivity index (χ1v) is 5.88. The van der Waals surface area contributed by atoms with E-state index in [0.717, 1.165) is 0 Å². The van der Waals surface area contributed by atoms with Crippen LogP contribution < -0.4 is 0 Å². The summed E-state index contributed by atoms with van der Waals surface area (Å²) in [5, 5.41) is 0. The van der Waals surface area contributed by atoms with Crippen molar-refractivity contribution in [3.63, 3.8) is 0 Å². The van der Waals surface area contributed by atoms with Crippen molar-refractivity contribution < 1.29 is 0 Å². The Labute approximate surface area is 93.0 Å². The summed E-state index contributed by atoms with van der Waals surface area (Å²) in [6.45, 7) is 8.54. The normalized spacial score (nSPS) is 19.1. The zero-order chi connectivity index (χ0) is 10.9. The van der Waals surface area contributed by atoms with E-state index in [1.165, 1.54) is 42.4 Å². The van der Waals surface area contributed by atoms with Crippen molar-refractivity contribution in [1.29, 1.82) is 0 Å². The van der Waals surface area contributed by atoms with Gasteiger partial charge in [0, 0.05) is 5.41 Å². The fourth-order valence-corrected chi connectivity index (χ4v) is 2.81. The molecule has 1 saturated carbocycles. The quantitative estimate of drug-likeness (QED) is 0.621. The van der Waals surface area contributed by atoms with E-state index in [-0.39, 0.29) is 5.41 Å². The Kier molecular flexibility index (Phi) is 2.68. The molecule has 0 unspecified atom stereocenters. The van der Waals surface area contributed by atoms with Crippen molar-refractivity contribution in [2.75, 3.05) is 0 Å². The van der Waals surface area contributed by atoms with E-state index in [4.69, 9.17) is 0 Å². The molecule has 0 aliphatic heterocycles. The van der Waals surface area contributed by atoms with E-state index in [0.29, 0.717) is 0 Å². The number of aryl methyl sites for hydroxylation is 1. The molecule has 0 heterocycles. The van der Waals surface area contributed by atoms with Gasteiger partial charge in [-0.3, -0.25) is 0 Å². The van der Waals surface area contributed by atoms with Crippen LogP contribution in [0.25, 0.3) is 0 Å². The highest BCUT2D eigenvalue weighted by molar-refractivity contribution is 5.37. The first-order valence-electron chi connectivity index (χ1n) is 5.88. The molecule has 0 heteroatoms. The van der Waals surface area contributed by atoms with E-state index in [1.54, 1.807) is 0 Å². The highest BCUT2D eigenvalue weighted by atomic mass is 14.4. The summed E-state index contributed by atoms with van der Waals surface area (Å²) in [4.78, 5) is 0. The molecule has 1 aromatic carbocycles. The minimum atomic E-state index is 0.285. The molecule has 1 fully saturated rings. The molecular formula is C15H20. The molecule has 0 spiro atoms. The molecule has 0 bridgehead atoms. The van der Waals surface area contributed by atoms with Crippen molar-refractivity contribution in [3.8, 4) is 0 Å². The summed E-state index contributed by atoms with van der Waals surface area (Å²) >= 11 is 0. The second kappa shape index (κ2) is 3.84. The van der Waals surface area contributed by atoms with Gasteiger partial charge in [-0.2, -0.15) is 0 Å². The van der Waals surface area contributed by atoms with Gasteiger partial charge in [0.15, 0.2) is 0 Å². The fraction of sp³-hybridized carbons (Fsp3) is 0.467. The summed E-state index contributed by atoms with van der Waals surface area (Å²) in [5.41, 5.74) is 4.43. The van der Waals surface area contributed by atoms with Crippen LogP contribution in [0.2, 0.25) is 0 Å². The van der Waals surface area contributed by atoms with Gasteiger partial charge in [0.2, 0.25) is 0 Å². The van der Waals surface area contributed by atoms with Crippen LogP contribution in [0.15, 0.2) is 36.4 Å². The highest BCUT2D eigenvalue weighted by Crippen LogP contribution is 2.45. The first-order chi connectivity index (χ1) is 7.15. The van der Waals surface area contributed by atoms with Crippen molar-refractivity contribution >= 4 is 0 Å². The van der Waals surface area contributed by atoms with Crippen LogP contribution in [-0.2, 0) is 5.41 Å². The molecule has 1 aliphatic rings. The Morgan fingerprint density at radius 2 is 1.67 bits per heavy atom. The number of hydrogen-bond donors (Lipinski definition) is 0. The van der Waals surface area contributed by atoms with Crippen molar-refractivity contribution in [2.45, 2.75) is 44.9 Å². The van der Waals surface area contributed by atoms with Gasteiger partial charge in [-0.25, -0.2) is 0 Å². The summed E-state index contributed by atoms with van der Waals surface area (Å²) in [6, 6.07) is 9.02. The smallest absolute Gasteiger partial charge is 0.0156 e. The lowest BCUT2D eigenvalue weighted by atomic mass is 9.74. The fourth-order valence-electron chi connectivity index (χ4n) is 2.81. The second-order valence-electron chi connectivity index (χ2n) is 4.94. The van der Waals surface area contributed by atoms with Crippen molar-refractivity contribution in [2.24, 2.45) is 0 Å². The average molecular weight is 200 g/mol. The summed E-state index contributed by atoms with van der Waals surface area (Å²) in [5.74, 6) is 0. The molecule has 0 atom stereocenters. The predicted octanol–water partition coefficient (Wildman–Crippen LogP) is 4.38. The van der Waals surface area contributed by atoms with E-state index >= 15 is 0 Å². The molecule has 0 amide bonds. The Morgan fingerprint density at radius 1 is 1.13 bits per heavy atom. The standard InChI is InChI=1S/C15H20/c1-12(2)15(10-4-5-11-15)14-8-6-13(3)7-9-14/h6-9H,1,4-5,10-11H2,2-3H3. The van der Waals surface area contributed by atoms with Crippen LogP contribution in [-0.4, -0.2) is 0 Å². The first kappa shape index (κ1) is 10.5. The molecule has 15 heavy (non-hydrogen) atoms. The van der Waals surface area contributed by atoms with Gasteiger partial charge in [-0.05, 0) is 32.3 Å². The zero-order valence-electron chi connectivity index (χ0n) is 9.84. The molecule has 0 N–H and O–H groups in total. The molecule has 80 valence electrons. The Hall–Kier alpha value is -1.04. The minimum Gasteiger partial charge on any atom is -0.0992 e. The molecule has 2 rings (SSSR count). The maximum atomic E-state index is 4.21. The SMILES string of the molecule is C=C(C)C1(c2ccc(C)cc2)CCCC1. The van der Waals surface area contributed by atoms with Crippen LogP contribution >= 0.6 is 0 Å². The molecular weight excluding hydrogens is 180 g/mol. The number of rotatable bonds is 2. The highest BCUT2D eigenvalue weighted by Gasteiger charge is 2.35. The van der Waals surface area contributed by atoms with Crippen LogP contribution in [0.5, 0.6) is 0 Å². The molecule has 1 aromatic rings. The van der Waals surface area contributed by atoms with Gasteiger partial charge in [0.1, 0.15) is 0 Å². The Balaban J connectivity index is 2.41. The molecule has 0 saturated heterocycles. The van der Waals surface area contributed by atoms with Crippen LogP contribution in [0.1, 0.15) is 43.7 Å². The number of benzene rings is 1. The van der Waals surface area contributed by atoms with E-state index < -0.39 is 0 Å². The summed E-state index contributed by atoms with van der Waals surface area (Å²) in [7, 11) is 0. The van der Waals surface area contributed by atoms with E-state index in [9.17, 15) is 0 Å². The molecule has 0 radical (unpaired) electrons. The van der Waals surface area contributed by atoms with Crippen molar-refractivity contribution in [3.05, 3.63) is 47.5 Å². The van der Waals surface area contributed by atoms with E-state index in [1.807, 2.05) is 0 Å². The van der Waals surface area contributed by atoms with Crippen LogP contribution in [0, 0.1) is 6.92 Å². The second-order valence-corrected chi connectivity index (χ2v) is 4.94. The van der Waals surface area contributed by atoms with Crippen LogP contribution in [0.3, 0.4) is 0 Å². The van der Waals surface area contributed by atoms with Gasteiger partial charge in [-0.1, -0.05) is 54.8 Å². The van der Waals surface area contributed by atoms with Gasteiger partial charge >= 0.3 is 0 Å². The van der Waals surface area contributed by atoms with Gasteiger partial charge < -0.3 is 0 Å². The summed E-state index contributed by atoms with van der Waals surface area (Å²) < 4.78 is 0. The lowest BCUT2D eigenvalue weighted by molar-refractivity contribution is 0.524. The van der Waals surface area contributed by atoms with Gasteiger partial charge in [0.25, 0.3) is 0 Å². The predicted molar refractivity (Wildman–Crippen MR) is 66.1 cm³/mol. The maximum Gasteiger partial charge on any atom is 0.0156 e. The number of allylic oxidation sites excluding steroid dienone is 1. The monoisotopic (exact) mass is 200 g/mol. The topological polar surface area (TPSA) is 0 Å². The molecule has 0 aromatic heterocycles. The maximum absolute atomic E-state index is 4.21. The summed E-state index contributed by atoms with van der Waals surface area (Å²) in [6.07, 6.45) is 5.26. The zero-order valence-corrected chi connectivity index (χ0v) is 9.84. The van der Waals surface area contributed by atoms with Crippen molar-refractivity contribution in [1.82, 2.24) is 0 Å². The third-order valence-electron chi connectivity index (χ3n) is 3.88. The largest absolute Gasteiger partial charge is 0.0992 e. The average Bonchev–Trinajstić information content (AvgIpc) is 2.69. The third-order valence-corrected chi connectivity index (χ3v) is 3.88. The Morgan fingerprint density at radius 3 is 2.13 bits per heavy atom.